The van der Waals surface area contributed by atoms with Gasteiger partial charge in [0.15, 0.2) is 0 Å². The largest absolute Gasteiger partial charge is 0.393 e. The number of carbonyl (C=O) groups excluding carboxylic acids is 2. The maximum Gasteiger partial charge on any atom is 0.244 e. The number of hydrogen-bond acceptors (Lipinski definition) is 5. The van der Waals surface area contributed by atoms with Crippen molar-refractivity contribution >= 4 is 17.9 Å². The second kappa shape index (κ2) is 8.63. The molecule has 2 N–H and O–H groups in total. The van der Waals surface area contributed by atoms with Crippen LogP contribution in [0.2, 0.25) is 0 Å². The van der Waals surface area contributed by atoms with Crippen LogP contribution in [-0.4, -0.2) is 29.9 Å². The van der Waals surface area contributed by atoms with E-state index in [1.165, 1.54) is 0 Å². The van der Waals surface area contributed by atoms with E-state index in [1.54, 1.807) is 30.1 Å². The molecule has 1 aromatic rings. The number of hydrazine groups is 1. The number of anilines is 1. The van der Waals surface area contributed by atoms with Crippen molar-refractivity contribution in [1.29, 1.82) is 5.26 Å². The number of benzene rings is 1. The average molecular weight is 343 g/mol. The van der Waals surface area contributed by atoms with E-state index in [0.717, 1.165) is 12.0 Å². The molecule has 1 fully saturated rings. The van der Waals surface area contributed by atoms with Crippen LogP contribution < -0.4 is 10.4 Å². The molecule has 2 atom stereocenters. The van der Waals surface area contributed by atoms with E-state index in [2.05, 4.69) is 11.5 Å². The van der Waals surface area contributed by atoms with Crippen LogP contribution in [0.4, 0.5) is 5.69 Å². The minimum absolute atomic E-state index is 0.0762. The van der Waals surface area contributed by atoms with Crippen molar-refractivity contribution in [3.05, 3.63) is 29.8 Å². The van der Waals surface area contributed by atoms with E-state index >= 15 is 0 Å². The lowest BCUT2D eigenvalue weighted by atomic mass is 9.73. The zero-order valence-electron chi connectivity index (χ0n) is 14.6. The zero-order valence-corrected chi connectivity index (χ0v) is 14.6. The highest BCUT2D eigenvalue weighted by atomic mass is 16.3. The van der Waals surface area contributed by atoms with Gasteiger partial charge in [0.2, 0.25) is 5.91 Å². The molecule has 6 heteroatoms. The summed E-state index contributed by atoms with van der Waals surface area (Å²) in [5.41, 5.74) is 3.72. The molecule has 0 aliphatic carbocycles. The molecule has 25 heavy (non-hydrogen) atoms. The molecular formula is C19H25N3O3. The number of aliphatic hydroxyl groups is 1. The Kier molecular flexibility index (Phi) is 6.54. The minimum Gasteiger partial charge on any atom is -0.393 e. The van der Waals surface area contributed by atoms with Gasteiger partial charge in [0.25, 0.3) is 0 Å². The van der Waals surface area contributed by atoms with Crippen molar-refractivity contribution in [2.45, 2.75) is 51.6 Å². The highest BCUT2D eigenvalue weighted by Gasteiger charge is 2.41. The molecule has 2 unspecified atom stereocenters. The SMILES string of the molecule is CC(O)CCC1(CCCC=O)CCN(c2cccc(C#N)c2)NC1=O. The lowest BCUT2D eigenvalue weighted by Crippen LogP contribution is -2.56. The Bertz CT molecular complexity index is 654. The second-order valence-electron chi connectivity index (χ2n) is 6.73. The van der Waals surface area contributed by atoms with E-state index in [0.29, 0.717) is 50.6 Å². The van der Waals surface area contributed by atoms with E-state index < -0.39 is 11.5 Å². The standard InChI is InChI=1S/C19H25N3O3/c1-15(24)7-9-19(8-2-3-12-23)10-11-22(21-18(19)25)17-6-4-5-16(13-17)14-20/h4-6,12-13,15,24H,2-3,7-11H2,1H3,(H,21,25). The summed E-state index contributed by atoms with van der Waals surface area (Å²) < 4.78 is 0. The van der Waals surface area contributed by atoms with Gasteiger partial charge in [0.05, 0.1) is 28.8 Å². The average Bonchev–Trinajstić information content (AvgIpc) is 2.62. The first-order chi connectivity index (χ1) is 12.0. The molecule has 1 aliphatic rings. The van der Waals surface area contributed by atoms with Gasteiger partial charge in [0.1, 0.15) is 6.29 Å². The molecule has 0 saturated carbocycles. The first-order valence-corrected chi connectivity index (χ1v) is 8.71. The third-order valence-electron chi connectivity index (χ3n) is 4.84. The highest BCUT2D eigenvalue weighted by Crippen LogP contribution is 2.38. The summed E-state index contributed by atoms with van der Waals surface area (Å²) in [6.07, 6.45) is 3.97. The number of unbranched alkanes of at least 4 members (excludes halogenated alkanes) is 1. The van der Waals surface area contributed by atoms with Gasteiger partial charge in [-0.2, -0.15) is 5.26 Å². The van der Waals surface area contributed by atoms with Crippen molar-refractivity contribution in [3.8, 4) is 6.07 Å². The molecule has 134 valence electrons. The molecule has 1 saturated heterocycles. The number of nitriles is 1. The number of hydrogen-bond donors (Lipinski definition) is 2. The number of aldehydes is 1. The Balaban J connectivity index is 2.12. The fourth-order valence-corrected chi connectivity index (χ4v) is 3.28. The van der Waals surface area contributed by atoms with Crippen LogP contribution in [0.15, 0.2) is 24.3 Å². The predicted octanol–water partition coefficient (Wildman–Crippen LogP) is 2.32. The third kappa shape index (κ3) is 4.80. The van der Waals surface area contributed by atoms with E-state index in [9.17, 15) is 14.7 Å². The Morgan fingerprint density at radius 1 is 1.48 bits per heavy atom. The molecule has 0 radical (unpaired) electrons. The lowest BCUT2D eigenvalue weighted by molar-refractivity contribution is -0.135. The normalized spacial score (nSPS) is 21.3. The van der Waals surface area contributed by atoms with Crippen molar-refractivity contribution in [2.24, 2.45) is 5.41 Å². The van der Waals surface area contributed by atoms with E-state index in [1.807, 2.05) is 6.07 Å². The fraction of sp³-hybridized carbons (Fsp3) is 0.526. The monoisotopic (exact) mass is 343 g/mol. The Labute approximate surface area is 148 Å². The first-order valence-electron chi connectivity index (χ1n) is 8.71. The van der Waals surface area contributed by atoms with Crippen LogP contribution in [0.3, 0.4) is 0 Å². The predicted molar refractivity (Wildman–Crippen MR) is 94.5 cm³/mol. The minimum atomic E-state index is -0.552. The second-order valence-corrected chi connectivity index (χ2v) is 6.73. The molecule has 6 nitrogen and oxygen atoms in total. The van der Waals surface area contributed by atoms with Gasteiger partial charge in [-0.3, -0.25) is 15.2 Å². The Morgan fingerprint density at radius 3 is 2.92 bits per heavy atom. The fourth-order valence-electron chi connectivity index (χ4n) is 3.28. The summed E-state index contributed by atoms with van der Waals surface area (Å²) in [5, 5.41) is 20.4. The summed E-state index contributed by atoms with van der Waals surface area (Å²) >= 11 is 0. The van der Waals surface area contributed by atoms with E-state index in [-0.39, 0.29) is 5.91 Å². The van der Waals surface area contributed by atoms with Crippen molar-refractivity contribution in [3.63, 3.8) is 0 Å². The number of carbonyl (C=O) groups is 2. The van der Waals surface area contributed by atoms with Gasteiger partial charge in [-0.25, -0.2) is 0 Å². The molecule has 1 aliphatic heterocycles. The lowest BCUT2D eigenvalue weighted by Gasteiger charge is -2.42. The summed E-state index contributed by atoms with van der Waals surface area (Å²) in [6, 6.07) is 9.22. The number of nitrogens with zero attached hydrogens (tertiary/aromatic N) is 2. The van der Waals surface area contributed by atoms with Crippen molar-refractivity contribution < 1.29 is 14.7 Å². The highest BCUT2D eigenvalue weighted by molar-refractivity contribution is 5.85. The number of amides is 1. The van der Waals surface area contributed by atoms with Crippen LogP contribution in [0.5, 0.6) is 0 Å². The topological polar surface area (TPSA) is 93.4 Å². The number of aliphatic hydroxyl groups excluding tert-OH is 1. The molecule has 0 spiro atoms. The molecule has 1 aromatic carbocycles. The molecule has 1 amide bonds. The quantitative estimate of drug-likeness (QED) is 0.558. The van der Waals surface area contributed by atoms with Crippen molar-refractivity contribution in [1.82, 2.24) is 5.43 Å². The summed E-state index contributed by atoms with van der Waals surface area (Å²) in [6.45, 7) is 2.35. The zero-order chi connectivity index (χ0) is 18.3. The molecule has 0 aromatic heterocycles. The van der Waals surface area contributed by atoms with Crippen LogP contribution in [0.1, 0.15) is 51.0 Å². The number of nitrogens with one attached hydrogen (secondary N) is 1. The smallest absolute Gasteiger partial charge is 0.244 e. The molecule has 2 rings (SSSR count). The van der Waals surface area contributed by atoms with Gasteiger partial charge >= 0.3 is 0 Å². The molecule has 0 bridgehead atoms. The van der Waals surface area contributed by atoms with Crippen LogP contribution in [-0.2, 0) is 9.59 Å². The van der Waals surface area contributed by atoms with Gasteiger partial charge in [-0.1, -0.05) is 6.07 Å². The van der Waals surface area contributed by atoms with Crippen LogP contribution in [0, 0.1) is 16.7 Å². The maximum absolute atomic E-state index is 12.9. The Hall–Kier alpha value is -2.39. The molecule has 1 heterocycles. The van der Waals surface area contributed by atoms with Gasteiger partial charge in [0, 0.05) is 13.0 Å². The molecular weight excluding hydrogens is 318 g/mol. The summed E-state index contributed by atoms with van der Waals surface area (Å²) in [4.78, 5) is 23.5. The third-order valence-corrected chi connectivity index (χ3v) is 4.84. The number of rotatable bonds is 8. The van der Waals surface area contributed by atoms with Gasteiger partial charge in [-0.15, -0.1) is 0 Å². The summed E-state index contributed by atoms with van der Waals surface area (Å²) in [5.74, 6) is -0.0762. The van der Waals surface area contributed by atoms with Crippen molar-refractivity contribution in [2.75, 3.05) is 11.6 Å². The van der Waals surface area contributed by atoms with Gasteiger partial charge in [-0.05, 0) is 57.2 Å². The van der Waals surface area contributed by atoms with E-state index in [4.69, 9.17) is 5.26 Å². The van der Waals surface area contributed by atoms with Crippen LogP contribution in [0.25, 0.3) is 0 Å². The van der Waals surface area contributed by atoms with Gasteiger partial charge < -0.3 is 9.90 Å². The Morgan fingerprint density at radius 2 is 2.28 bits per heavy atom. The summed E-state index contributed by atoms with van der Waals surface area (Å²) in [7, 11) is 0. The first kappa shape index (κ1) is 18.9. The maximum atomic E-state index is 12.9. The van der Waals surface area contributed by atoms with Crippen LogP contribution >= 0.6 is 0 Å².